The van der Waals surface area contributed by atoms with E-state index in [9.17, 15) is 4.79 Å². The van der Waals surface area contributed by atoms with Crippen molar-refractivity contribution in [2.24, 2.45) is 0 Å². The van der Waals surface area contributed by atoms with E-state index < -0.39 is 0 Å². The van der Waals surface area contributed by atoms with E-state index in [-0.39, 0.29) is 5.97 Å². The summed E-state index contributed by atoms with van der Waals surface area (Å²) < 4.78 is 0. The Hall–Kier alpha value is -1.09. The van der Waals surface area contributed by atoms with Crippen LogP contribution in [-0.4, -0.2) is 13.1 Å². The molecule has 0 rings (SSSR count). The van der Waals surface area contributed by atoms with Gasteiger partial charge in [-0.2, -0.15) is 4.89 Å². The Kier molecular flexibility index (Phi) is 17.1. The Morgan fingerprint density at radius 3 is 2.05 bits per heavy atom. The van der Waals surface area contributed by atoms with E-state index in [1.165, 1.54) is 52.1 Å². The summed E-state index contributed by atoms with van der Waals surface area (Å²) in [6.07, 6.45) is 22.6. The van der Waals surface area contributed by atoms with Crippen LogP contribution in [0.3, 0.4) is 0 Å². The van der Waals surface area contributed by atoms with Crippen molar-refractivity contribution in [1.29, 1.82) is 0 Å². The maximum atomic E-state index is 11.0. The van der Waals surface area contributed by atoms with Crippen LogP contribution in [-0.2, 0) is 14.6 Å². The van der Waals surface area contributed by atoms with Gasteiger partial charge in [0, 0.05) is 6.42 Å². The van der Waals surface area contributed by atoms with Crippen LogP contribution in [0.2, 0.25) is 0 Å². The number of carbonyl (C=O) groups is 1. The molecule has 0 heterocycles. The van der Waals surface area contributed by atoms with E-state index in [2.05, 4.69) is 41.0 Å². The normalized spacial score (nSPS) is 11.5. The summed E-state index contributed by atoms with van der Waals surface area (Å²) in [5.41, 5.74) is 0. The molecule has 0 spiro atoms. The molecule has 128 valence electrons. The Balaban J connectivity index is 3.22. The molecule has 0 aliphatic carbocycles. The van der Waals surface area contributed by atoms with Gasteiger partial charge in [-0.05, 0) is 38.5 Å². The van der Waals surface area contributed by atoms with Crippen LogP contribution in [0.15, 0.2) is 24.3 Å². The minimum Gasteiger partial charge on any atom is -0.299 e. The largest absolute Gasteiger partial charge is 0.342 e. The molecule has 0 saturated carbocycles. The lowest BCUT2D eigenvalue weighted by Gasteiger charge is -2.00. The van der Waals surface area contributed by atoms with Gasteiger partial charge in [0.25, 0.3) is 0 Å². The van der Waals surface area contributed by atoms with Gasteiger partial charge in [0.1, 0.15) is 0 Å². The molecule has 3 nitrogen and oxygen atoms in total. The van der Waals surface area contributed by atoms with Crippen molar-refractivity contribution >= 4 is 5.97 Å². The summed E-state index contributed by atoms with van der Waals surface area (Å²) in [6.45, 7) is 2.24. The molecule has 3 heteroatoms. The summed E-state index contributed by atoms with van der Waals surface area (Å²) in [7, 11) is 1.35. The van der Waals surface area contributed by atoms with E-state index in [0.29, 0.717) is 6.42 Å². The number of rotatable bonds is 15. The molecule has 0 bridgehead atoms. The molecule has 0 aromatic rings. The summed E-state index contributed by atoms with van der Waals surface area (Å²) in [6, 6.07) is 0. The van der Waals surface area contributed by atoms with E-state index in [1.54, 1.807) is 0 Å². The zero-order valence-corrected chi connectivity index (χ0v) is 14.5. The first kappa shape index (κ1) is 20.9. The van der Waals surface area contributed by atoms with E-state index in [1.807, 2.05) is 0 Å². The minimum atomic E-state index is -0.270. The van der Waals surface area contributed by atoms with Crippen molar-refractivity contribution in [3.05, 3.63) is 24.3 Å². The maximum Gasteiger partial charge on any atom is 0.342 e. The average Bonchev–Trinajstić information content (AvgIpc) is 2.51. The molecular formula is C19H34O3. The molecular weight excluding hydrogens is 276 g/mol. The monoisotopic (exact) mass is 310 g/mol. The second kappa shape index (κ2) is 18.0. The third-order valence-electron chi connectivity index (χ3n) is 3.51. The highest BCUT2D eigenvalue weighted by molar-refractivity contribution is 5.68. The van der Waals surface area contributed by atoms with Gasteiger partial charge < -0.3 is 0 Å². The molecule has 0 atom stereocenters. The van der Waals surface area contributed by atoms with Crippen LogP contribution in [0.25, 0.3) is 0 Å². The van der Waals surface area contributed by atoms with Crippen molar-refractivity contribution in [3.63, 3.8) is 0 Å². The van der Waals surface area contributed by atoms with Crippen LogP contribution < -0.4 is 0 Å². The lowest BCUT2D eigenvalue weighted by atomic mass is 10.1. The van der Waals surface area contributed by atoms with E-state index in [4.69, 9.17) is 0 Å². The third kappa shape index (κ3) is 17.0. The fourth-order valence-electron chi connectivity index (χ4n) is 2.22. The topological polar surface area (TPSA) is 35.5 Å². The Labute approximate surface area is 136 Å². The molecule has 0 unspecified atom stereocenters. The molecule has 0 fully saturated rings. The molecule has 0 aromatic carbocycles. The van der Waals surface area contributed by atoms with Crippen molar-refractivity contribution in [3.8, 4) is 0 Å². The lowest BCUT2D eigenvalue weighted by Crippen LogP contribution is -2.02. The maximum absolute atomic E-state index is 11.0. The number of hydrogen-bond acceptors (Lipinski definition) is 3. The summed E-state index contributed by atoms with van der Waals surface area (Å²) in [4.78, 5) is 19.7. The fraction of sp³-hybridized carbons (Fsp3) is 0.737. The molecule has 0 aliphatic rings. The SMILES string of the molecule is CCCCC/C=C\C/C=C\CCCCCCCC(=O)OOC. The van der Waals surface area contributed by atoms with Crippen molar-refractivity contribution in [1.82, 2.24) is 0 Å². The van der Waals surface area contributed by atoms with Crippen LogP contribution in [0.4, 0.5) is 0 Å². The van der Waals surface area contributed by atoms with Gasteiger partial charge >= 0.3 is 5.97 Å². The van der Waals surface area contributed by atoms with E-state index >= 15 is 0 Å². The predicted molar refractivity (Wildman–Crippen MR) is 92.5 cm³/mol. The molecule has 22 heavy (non-hydrogen) atoms. The summed E-state index contributed by atoms with van der Waals surface area (Å²) >= 11 is 0. The van der Waals surface area contributed by atoms with Gasteiger partial charge in [-0.15, -0.1) is 0 Å². The zero-order valence-electron chi connectivity index (χ0n) is 14.5. The third-order valence-corrected chi connectivity index (χ3v) is 3.51. The van der Waals surface area contributed by atoms with Gasteiger partial charge in [-0.1, -0.05) is 63.3 Å². The standard InChI is InChI=1S/C19H34O3/c1-3-4-5-6-7-8-9-10-11-12-13-14-15-16-17-18-19(20)22-21-2/h7-8,10-11H,3-6,9,12-18H2,1-2H3/b8-7-,11-10-. The number of unbranched alkanes of at least 4 members (excludes halogenated alkanes) is 8. The van der Waals surface area contributed by atoms with Crippen molar-refractivity contribution in [2.75, 3.05) is 7.11 Å². The van der Waals surface area contributed by atoms with Crippen molar-refractivity contribution in [2.45, 2.75) is 84.0 Å². The van der Waals surface area contributed by atoms with E-state index in [0.717, 1.165) is 25.7 Å². The second-order valence-corrected chi connectivity index (χ2v) is 5.60. The minimum absolute atomic E-state index is 0.270. The highest BCUT2D eigenvalue weighted by atomic mass is 17.2. The predicted octanol–water partition coefficient (Wildman–Crippen LogP) is 5.90. The molecule has 0 radical (unpaired) electrons. The first-order chi connectivity index (χ1) is 10.8. The van der Waals surface area contributed by atoms with Crippen LogP contribution >= 0.6 is 0 Å². The van der Waals surface area contributed by atoms with Crippen LogP contribution in [0.1, 0.15) is 84.0 Å². The average molecular weight is 310 g/mol. The Morgan fingerprint density at radius 2 is 1.41 bits per heavy atom. The molecule has 0 N–H and O–H groups in total. The highest BCUT2D eigenvalue weighted by Gasteiger charge is 2.01. The molecule has 0 aliphatic heterocycles. The van der Waals surface area contributed by atoms with Crippen LogP contribution in [0, 0.1) is 0 Å². The van der Waals surface area contributed by atoms with Gasteiger partial charge in [0.15, 0.2) is 0 Å². The summed E-state index contributed by atoms with van der Waals surface area (Å²) in [5, 5.41) is 0. The second-order valence-electron chi connectivity index (χ2n) is 5.60. The number of carbonyl (C=O) groups excluding carboxylic acids is 1. The molecule has 0 aromatic heterocycles. The van der Waals surface area contributed by atoms with Gasteiger partial charge in [-0.25, -0.2) is 4.79 Å². The van der Waals surface area contributed by atoms with Crippen molar-refractivity contribution < 1.29 is 14.6 Å². The summed E-state index contributed by atoms with van der Waals surface area (Å²) in [5.74, 6) is -0.270. The lowest BCUT2D eigenvalue weighted by molar-refractivity contribution is -0.255. The molecule has 0 saturated heterocycles. The quantitative estimate of drug-likeness (QED) is 0.163. The highest BCUT2D eigenvalue weighted by Crippen LogP contribution is 2.08. The smallest absolute Gasteiger partial charge is 0.299 e. The number of hydrogen-bond donors (Lipinski definition) is 0. The Morgan fingerprint density at radius 1 is 0.818 bits per heavy atom. The van der Waals surface area contributed by atoms with Crippen LogP contribution in [0.5, 0.6) is 0 Å². The molecule has 0 amide bonds. The Bertz CT molecular complexity index is 295. The van der Waals surface area contributed by atoms with Gasteiger partial charge in [-0.3, -0.25) is 4.89 Å². The first-order valence-electron chi connectivity index (χ1n) is 8.84. The number of allylic oxidation sites excluding steroid dienone is 4. The van der Waals surface area contributed by atoms with Gasteiger partial charge in [0.2, 0.25) is 0 Å². The zero-order chi connectivity index (χ0) is 16.3. The first-order valence-corrected chi connectivity index (χ1v) is 8.84. The fourth-order valence-corrected chi connectivity index (χ4v) is 2.22. The van der Waals surface area contributed by atoms with Gasteiger partial charge in [0.05, 0.1) is 7.11 Å².